The van der Waals surface area contributed by atoms with Gasteiger partial charge in [-0.1, -0.05) is 15.9 Å². The number of benzene rings is 1. The number of carboxylic acid groups (broad SMARTS) is 1. The molecule has 1 atom stereocenters. The Morgan fingerprint density at radius 3 is 2.75 bits per heavy atom. The number of amides is 1. The van der Waals surface area contributed by atoms with Crippen LogP contribution in [0.15, 0.2) is 28.9 Å². The number of nitrogens with one attached hydrogen (secondary N) is 2. The molecule has 0 bridgehead atoms. The highest BCUT2D eigenvalue weighted by molar-refractivity contribution is 9.10. The quantitative estimate of drug-likeness (QED) is 0.524. The fourth-order valence-corrected chi connectivity index (χ4v) is 3.92. The van der Waals surface area contributed by atoms with Crippen LogP contribution in [0.1, 0.15) is 11.6 Å². The van der Waals surface area contributed by atoms with Crippen molar-refractivity contribution in [2.75, 3.05) is 53.0 Å². The zero-order valence-electron chi connectivity index (χ0n) is 15.8. The number of piperazine rings is 1. The predicted molar refractivity (Wildman–Crippen MR) is 109 cm³/mol. The number of aliphatic carboxylic acids is 1. The minimum absolute atomic E-state index is 0.0400. The van der Waals surface area contributed by atoms with E-state index in [1.54, 1.807) is 13.3 Å². The zero-order chi connectivity index (χ0) is 20.1. The molecule has 152 valence electrons. The second-order valence-corrected chi connectivity index (χ2v) is 7.75. The van der Waals surface area contributed by atoms with Crippen molar-refractivity contribution in [3.05, 3.63) is 34.4 Å². The smallest absolute Gasteiger partial charge is 0.325 e. The first-order valence-corrected chi connectivity index (χ1v) is 10.00. The lowest BCUT2D eigenvalue weighted by molar-refractivity contribution is -0.144. The number of rotatable bonds is 8. The third-order valence-corrected chi connectivity index (χ3v) is 5.47. The maximum Gasteiger partial charge on any atom is 0.325 e. The molecule has 8 nitrogen and oxygen atoms in total. The Balaban J connectivity index is 1.64. The van der Waals surface area contributed by atoms with Gasteiger partial charge in [-0.05, 0) is 18.2 Å². The van der Waals surface area contributed by atoms with Gasteiger partial charge in [0.05, 0.1) is 13.2 Å². The Hall–Kier alpha value is -1.94. The summed E-state index contributed by atoms with van der Waals surface area (Å²) in [6.07, 6.45) is 1.78. The van der Waals surface area contributed by atoms with Crippen LogP contribution in [0.4, 0.5) is 0 Å². The summed E-state index contributed by atoms with van der Waals surface area (Å²) in [5, 5.41) is 13.6. The number of carbonyl (C=O) groups is 2. The molecule has 2 aromatic rings. The van der Waals surface area contributed by atoms with Gasteiger partial charge in [-0.2, -0.15) is 0 Å². The zero-order valence-corrected chi connectivity index (χ0v) is 17.4. The molecule has 28 heavy (non-hydrogen) atoms. The van der Waals surface area contributed by atoms with Gasteiger partial charge >= 0.3 is 5.97 Å². The number of carboxylic acids is 1. The molecular formula is C19H25BrN4O4. The minimum Gasteiger partial charge on any atom is -0.480 e. The minimum atomic E-state index is -0.869. The number of hydrogen-bond acceptors (Lipinski definition) is 5. The molecule has 2 heterocycles. The third-order valence-electron chi connectivity index (χ3n) is 4.97. The van der Waals surface area contributed by atoms with Crippen LogP contribution in [0.2, 0.25) is 0 Å². The van der Waals surface area contributed by atoms with E-state index in [-0.39, 0.29) is 5.91 Å². The molecule has 1 unspecified atom stereocenters. The molecule has 1 fully saturated rings. The molecule has 0 aliphatic carbocycles. The van der Waals surface area contributed by atoms with E-state index in [0.29, 0.717) is 45.9 Å². The Morgan fingerprint density at radius 2 is 2.07 bits per heavy atom. The van der Waals surface area contributed by atoms with Gasteiger partial charge < -0.3 is 20.1 Å². The van der Waals surface area contributed by atoms with Crippen molar-refractivity contribution in [2.45, 2.75) is 6.04 Å². The summed E-state index contributed by atoms with van der Waals surface area (Å²) in [5.41, 5.74) is 1.67. The highest BCUT2D eigenvalue weighted by Crippen LogP contribution is 2.31. The van der Waals surface area contributed by atoms with Gasteiger partial charge in [-0.25, -0.2) is 0 Å². The van der Waals surface area contributed by atoms with E-state index in [1.807, 2.05) is 28.0 Å². The van der Waals surface area contributed by atoms with Crippen molar-refractivity contribution < 1.29 is 19.4 Å². The molecule has 0 radical (unpaired) electrons. The topological polar surface area (TPSA) is 97.9 Å². The van der Waals surface area contributed by atoms with Gasteiger partial charge in [0.15, 0.2) is 0 Å². The number of H-pyrrole nitrogens is 1. The van der Waals surface area contributed by atoms with E-state index >= 15 is 0 Å². The molecule has 3 rings (SSSR count). The maximum absolute atomic E-state index is 12.1. The maximum atomic E-state index is 12.1. The normalized spacial score (nSPS) is 16.9. The predicted octanol–water partition coefficient (Wildman–Crippen LogP) is 1.44. The molecule has 1 saturated heterocycles. The number of methoxy groups -OCH3 is 1. The largest absolute Gasteiger partial charge is 0.480 e. The van der Waals surface area contributed by atoms with Crippen molar-refractivity contribution in [3.63, 3.8) is 0 Å². The number of nitrogens with zero attached hydrogens (tertiary/aromatic N) is 2. The summed E-state index contributed by atoms with van der Waals surface area (Å²) in [7, 11) is 1.59. The molecule has 0 spiro atoms. The summed E-state index contributed by atoms with van der Waals surface area (Å²) in [5.74, 6) is -0.909. The Labute approximate surface area is 171 Å². The molecular weight excluding hydrogens is 428 g/mol. The third kappa shape index (κ3) is 4.91. The van der Waals surface area contributed by atoms with Crippen LogP contribution in [-0.4, -0.2) is 84.8 Å². The number of hydrogen-bond donors (Lipinski definition) is 3. The fourth-order valence-electron chi connectivity index (χ4n) is 3.56. The standard InChI is InChI=1S/C19H25BrN4O4/c1-28-9-4-21-17(25)12-23-5-7-24(8-6-23)18(19(26)27)15-11-22-16-3-2-13(20)10-14(15)16/h2-3,10-11,18,22H,4-9,12H2,1H3,(H,21,25)(H,26,27). The van der Waals surface area contributed by atoms with Gasteiger partial charge in [0, 0.05) is 67.0 Å². The summed E-state index contributed by atoms with van der Waals surface area (Å²) in [4.78, 5) is 31.2. The highest BCUT2D eigenvalue weighted by Gasteiger charge is 2.32. The van der Waals surface area contributed by atoms with Gasteiger partial charge in [-0.3, -0.25) is 19.4 Å². The summed E-state index contributed by atoms with van der Waals surface area (Å²) in [6, 6.07) is 5.08. The molecule has 0 saturated carbocycles. The van der Waals surface area contributed by atoms with Crippen LogP contribution in [0.5, 0.6) is 0 Å². The fraction of sp³-hybridized carbons (Fsp3) is 0.474. The van der Waals surface area contributed by atoms with E-state index in [9.17, 15) is 14.7 Å². The summed E-state index contributed by atoms with van der Waals surface area (Å²) >= 11 is 3.46. The highest BCUT2D eigenvalue weighted by atomic mass is 79.9. The summed E-state index contributed by atoms with van der Waals surface area (Å²) in [6.45, 7) is 3.76. The van der Waals surface area contributed by atoms with Crippen molar-refractivity contribution in [3.8, 4) is 0 Å². The lowest BCUT2D eigenvalue weighted by Gasteiger charge is -2.37. The van der Waals surface area contributed by atoms with Crippen LogP contribution in [-0.2, 0) is 14.3 Å². The molecule has 1 aromatic heterocycles. The van der Waals surface area contributed by atoms with Gasteiger partial charge in [0.2, 0.25) is 5.91 Å². The molecule has 1 aliphatic rings. The average molecular weight is 453 g/mol. The first kappa shape index (κ1) is 20.8. The van der Waals surface area contributed by atoms with Crippen molar-refractivity contribution >= 4 is 38.7 Å². The van der Waals surface area contributed by atoms with Gasteiger partial charge in [0.25, 0.3) is 0 Å². The molecule has 9 heteroatoms. The Kier molecular flexibility index (Phi) is 7.06. The van der Waals surface area contributed by atoms with E-state index in [1.165, 1.54) is 0 Å². The van der Waals surface area contributed by atoms with E-state index in [4.69, 9.17) is 4.74 Å². The van der Waals surface area contributed by atoms with Crippen LogP contribution in [0.25, 0.3) is 10.9 Å². The lowest BCUT2D eigenvalue weighted by atomic mass is 10.0. The molecule has 1 amide bonds. The molecule has 1 aliphatic heterocycles. The van der Waals surface area contributed by atoms with Crippen molar-refractivity contribution in [1.29, 1.82) is 0 Å². The van der Waals surface area contributed by atoms with E-state index < -0.39 is 12.0 Å². The van der Waals surface area contributed by atoms with Crippen molar-refractivity contribution in [2.24, 2.45) is 0 Å². The Bertz CT molecular complexity index is 832. The van der Waals surface area contributed by atoms with Crippen LogP contribution in [0.3, 0.4) is 0 Å². The van der Waals surface area contributed by atoms with Crippen LogP contribution >= 0.6 is 15.9 Å². The van der Waals surface area contributed by atoms with Crippen LogP contribution < -0.4 is 5.32 Å². The first-order chi connectivity index (χ1) is 13.5. The van der Waals surface area contributed by atoms with E-state index in [2.05, 4.69) is 26.2 Å². The number of carbonyl (C=O) groups excluding carboxylic acids is 1. The average Bonchev–Trinajstić information content (AvgIpc) is 3.06. The second kappa shape index (κ2) is 9.51. The summed E-state index contributed by atoms with van der Waals surface area (Å²) < 4.78 is 5.83. The molecule has 3 N–H and O–H groups in total. The number of aromatic amines is 1. The number of ether oxygens (including phenoxy) is 1. The SMILES string of the molecule is COCCNC(=O)CN1CCN(C(C(=O)O)c2c[nH]c3ccc(Br)cc23)CC1. The number of halogens is 1. The van der Waals surface area contributed by atoms with E-state index in [0.717, 1.165) is 20.9 Å². The monoisotopic (exact) mass is 452 g/mol. The first-order valence-electron chi connectivity index (χ1n) is 9.21. The number of aromatic nitrogens is 1. The van der Waals surface area contributed by atoms with Gasteiger partial charge in [-0.15, -0.1) is 0 Å². The van der Waals surface area contributed by atoms with Crippen molar-refractivity contribution in [1.82, 2.24) is 20.1 Å². The van der Waals surface area contributed by atoms with Gasteiger partial charge in [0.1, 0.15) is 6.04 Å². The van der Waals surface area contributed by atoms with Crippen LogP contribution in [0, 0.1) is 0 Å². The molecule has 1 aromatic carbocycles. The number of fused-ring (bicyclic) bond motifs is 1. The second-order valence-electron chi connectivity index (χ2n) is 6.83. The lowest BCUT2D eigenvalue weighted by Crippen LogP contribution is -2.51. The Morgan fingerprint density at radius 1 is 1.32 bits per heavy atom.